The average Bonchev–Trinajstić information content (AvgIpc) is 3.28. The minimum atomic E-state index is -2.11. The Kier molecular flexibility index (Phi) is 9.07. The molecule has 8 atom stereocenters. The second-order valence-electron chi connectivity index (χ2n) is 8.89. The van der Waals surface area contributed by atoms with Gasteiger partial charge in [-0.3, -0.25) is 0 Å². The van der Waals surface area contributed by atoms with Crippen LogP contribution in [-0.2, 0) is 20.6 Å². The van der Waals surface area contributed by atoms with Gasteiger partial charge in [-0.1, -0.05) is 6.07 Å². The minimum Gasteiger partial charge on any atom is -0.390 e. The first kappa shape index (κ1) is 26.0. The van der Waals surface area contributed by atoms with E-state index in [4.69, 9.17) is 14.2 Å². The highest BCUT2D eigenvalue weighted by molar-refractivity contribution is 7.09. The summed E-state index contributed by atoms with van der Waals surface area (Å²) in [4.78, 5) is 1.25. The van der Waals surface area contributed by atoms with Gasteiger partial charge in [0.25, 0.3) is 0 Å². The molecule has 1 aliphatic heterocycles. The Morgan fingerprint density at radius 2 is 2.03 bits per heavy atom. The van der Waals surface area contributed by atoms with Crippen molar-refractivity contribution in [3.63, 3.8) is 0 Å². The van der Waals surface area contributed by atoms with E-state index in [1.165, 1.54) is 12.0 Å². The summed E-state index contributed by atoms with van der Waals surface area (Å²) in [5.41, 5.74) is -1.65. The van der Waals surface area contributed by atoms with E-state index in [0.29, 0.717) is 19.4 Å². The molecular weight excluding hydrogens is 434 g/mol. The number of hydrogen-bond donors (Lipinski definition) is 6. The van der Waals surface area contributed by atoms with Crippen LogP contribution in [0.1, 0.15) is 31.1 Å². The summed E-state index contributed by atoms with van der Waals surface area (Å²) in [6.45, 7) is 2.60. The maximum absolute atomic E-state index is 11.7. The predicted molar refractivity (Wildman–Crippen MR) is 123 cm³/mol. The molecule has 0 amide bonds. The highest BCUT2D eigenvalue weighted by atomic mass is 32.1. The zero-order chi connectivity index (χ0) is 23.4. The second kappa shape index (κ2) is 11.2. The number of likely N-dealkylation sites (N-methyl/N-ethyl adjacent to an activating group) is 2. The predicted octanol–water partition coefficient (Wildman–Crippen LogP) is -0.203. The van der Waals surface area contributed by atoms with Crippen LogP contribution < -0.4 is 16.0 Å². The lowest BCUT2D eigenvalue weighted by molar-refractivity contribution is -0.431. The van der Waals surface area contributed by atoms with Gasteiger partial charge in [-0.25, -0.2) is 0 Å². The largest absolute Gasteiger partial charge is 0.390 e. The van der Waals surface area contributed by atoms with Crippen LogP contribution in [0.4, 0.5) is 0 Å². The van der Waals surface area contributed by atoms with Crippen LogP contribution in [0.2, 0.25) is 0 Å². The molecule has 2 aliphatic rings. The lowest BCUT2D eigenvalue weighted by atomic mass is 9.81. The van der Waals surface area contributed by atoms with Crippen LogP contribution in [0.5, 0.6) is 0 Å². The zero-order valence-corrected chi connectivity index (χ0v) is 20.2. The number of aliphatic hydroxyl groups excluding tert-OH is 1. The molecule has 0 spiro atoms. The van der Waals surface area contributed by atoms with Gasteiger partial charge in [-0.15, -0.1) is 11.3 Å². The fourth-order valence-corrected chi connectivity index (χ4v) is 5.64. The molecule has 7 unspecified atom stereocenters. The van der Waals surface area contributed by atoms with Crippen molar-refractivity contribution in [2.45, 2.75) is 80.7 Å². The van der Waals surface area contributed by atoms with Crippen LogP contribution in [-0.4, -0.2) is 97.7 Å². The molecule has 2 heterocycles. The van der Waals surface area contributed by atoms with Gasteiger partial charge < -0.3 is 45.5 Å². The third-order valence-electron chi connectivity index (χ3n) is 6.71. The lowest BCUT2D eigenvalue weighted by Gasteiger charge is -2.54. The number of rotatable bonds is 10. The van der Waals surface area contributed by atoms with E-state index in [0.717, 1.165) is 6.42 Å². The molecule has 6 N–H and O–H groups in total. The van der Waals surface area contributed by atoms with Gasteiger partial charge in [0, 0.05) is 37.5 Å². The first-order valence-corrected chi connectivity index (χ1v) is 12.2. The molecule has 1 aliphatic carbocycles. The second-order valence-corrected chi connectivity index (χ2v) is 9.92. The monoisotopic (exact) mass is 473 g/mol. The average molecular weight is 474 g/mol. The maximum Gasteiger partial charge on any atom is 0.249 e. The molecule has 1 aromatic rings. The Balaban J connectivity index is 1.76. The van der Waals surface area contributed by atoms with Crippen molar-refractivity contribution < 1.29 is 29.5 Å². The Labute approximate surface area is 194 Å². The van der Waals surface area contributed by atoms with E-state index >= 15 is 0 Å². The van der Waals surface area contributed by atoms with E-state index in [2.05, 4.69) is 22.0 Å². The van der Waals surface area contributed by atoms with Gasteiger partial charge in [-0.05, 0) is 51.7 Å². The highest BCUT2D eigenvalue weighted by Crippen LogP contribution is 2.41. The van der Waals surface area contributed by atoms with Gasteiger partial charge in [0.1, 0.15) is 5.60 Å². The number of aliphatic hydroxyl groups is 3. The Morgan fingerprint density at radius 3 is 2.66 bits per heavy atom. The molecule has 0 bridgehead atoms. The van der Waals surface area contributed by atoms with Crippen molar-refractivity contribution in [3.8, 4) is 0 Å². The molecule has 32 heavy (non-hydrogen) atoms. The number of hydrogen-bond acceptors (Lipinski definition) is 10. The summed E-state index contributed by atoms with van der Waals surface area (Å²) >= 11 is 1.69. The van der Waals surface area contributed by atoms with E-state index in [1.807, 2.05) is 25.4 Å². The highest BCUT2D eigenvalue weighted by Gasteiger charge is 2.62. The van der Waals surface area contributed by atoms with E-state index in [-0.39, 0.29) is 25.1 Å². The summed E-state index contributed by atoms with van der Waals surface area (Å²) in [5.74, 6) is -2.11. The molecule has 1 saturated carbocycles. The number of methoxy groups -OCH3 is 1. The Morgan fingerprint density at radius 1 is 1.25 bits per heavy atom. The molecule has 0 aromatic carbocycles. The van der Waals surface area contributed by atoms with Crippen molar-refractivity contribution in [2.75, 3.05) is 34.3 Å². The maximum atomic E-state index is 11.7. The van der Waals surface area contributed by atoms with E-state index in [1.54, 1.807) is 18.4 Å². The third kappa shape index (κ3) is 5.35. The first-order chi connectivity index (χ1) is 15.3. The van der Waals surface area contributed by atoms with Gasteiger partial charge in [-0.2, -0.15) is 0 Å². The van der Waals surface area contributed by atoms with Crippen LogP contribution in [0.15, 0.2) is 17.5 Å². The molecule has 184 valence electrons. The van der Waals surface area contributed by atoms with Crippen LogP contribution in [0.25, 0.3) is 0 Å². The molecule has 3 rings (SSSR count). The summed E-state index contributed by atoms with van der Waals surface area (Å²) in [6.07, 6.45) is -0.507. The van der Waals surface area contributed by atoms with Gasteiger partial charge in [0.15, 0.2) is 0 Å². The van der Waals surface area contributed by atoms with Crippen molar-refractivity contribution in [2.24, 2.45) is 0 Å². The molecule has 9 nitrogen and oxygen atoms in total. The summed E-state index contributed by atoms with van der Waals surface area (Å²) in [7, 11) is 4.98. The first-order valence-electron chi connectivity index (χ1n) is 11.3. The molecule has 0 radical (unpaired) electrons. The Bertz CT molecular complexity index is 697. The SMILES string of the molecule is CNC1CCC(OC2(O)C(OC)O[C@H](C)CC2(O)CNCCc2cccs2)C(NC)C1O. The smallest absolute Gasteiger partial charge is 0.249 e. The zero-order valence-electron chi connectivity index (χ0n) is 19.4. The summed E-state index contributed by atoms with van der Waals surface area (Å²) in [5, 5.41) is 45.7. The normalized spacial score (nSPS) is 40.5. The van der Waals surface area contributed by atoms with Crippen molar-refractivity contribution in [3.05, 3.63) is 22.4 Å². The van der Waals surface area contributed by atoms with Gasteiger partial charge in [0.2, 0.25) is 12.1 Å². The van der Waals surface area contributed by atoms with Gasteiger partial charge >= 0.3 is 0 Å². The summed E-state index contributed by atoms with van der Waals surface area (Å²) < 4.78 is 17.5. The van der Waals surface area contributed by atoms with E-state index < -0.39 is 35.9 Å². The molecule has 1 aromatic heterocycles. The van der Waals surface area contributed by atoms with Gasteiger partial charge in [0.05, 0.1) is 24.4 Å². The summed E-state index contributed by atoms with van der Waals surface area (Å²) in [6, 6.07) is 3.57. The Hall–Kier alpha value is -0.660. The fraction of sp³-hybridized carbons (Fsp3) is 0.818. The minimum absolute atomic E-state index is 0.0828. The topological polar surface area (TPSA) is 124 Å². The quantitative estimate of drug-likeness (QED) is 0.202. The van der Waals surface area contributed by atoms with Crippen molar-refractivity contribution >= 4 is 11.3 Å². The molecule has 2 fully saturated rings. The van der Waals surface area contributed by atoms with Crippen LogP contribution in [0, 0.1) is 0 Å². The van der Waals surface area contributed by atoms with Crippen LogP contribution >= 0.6 is 11.3 Å². The van der Waals surface area contributed by atoms with E-state index in [9.17, 15) is 15.3 Å². The molecule has 1 saturated heterocycles. The van der Waals surface area contributed by atoms with Crippen molar-refractivity contribution in [1.82, 2.24) is 16.0 Å². The lowest BCUT2D eigenvalue weighted by Crippen LogP contribution is -2.73. The standard InChI is InChI=1S/C22H39N3O6S/c1-14-12-21(27,13-25-10-9-15-6-5-11-32-15)22(28,20(29-4)30-14)31-17-8-7-16(23-2)19(26)18(17)24-3/h5-6,11,14,16-20,23-28H,7-10,12-13H2,1-4H3/t14-,16?,17?,18?,19?,20?,21?,22?/m1/s1. The fourth-order valence-electron chi connectivity index (χ4n) is 4.93. The number of nitrogens with one attached hydrogen (secondary N) is 3. The van der Waals surface area contributed by atoms with Crippen molar-refractivity contribution in [1.29, 1.82) is 0 Å². The van der Waals surface area contributed by atoms with Crippen LogP contribution in [0.3, 0.4) is 0 Å². The molecular formula is C22H39N3O6S. The number of thiophene rings is 1. The molecule has 10 heteroatoms. The number of ether oxygens (including phenoxy) is 3. The third-order valence-corrected chi connectivity index (χ3v) is 7.64.